The molecule has 5 aromatic rings. The van der Waals surface area contributed by atoms with Crippen LogP contribution in [0.25, 0.3) is 28.0 Å². The van der Waals surface area contributed by atoms with Crippen molar-refractivity contribution in [2.24, 2.45) is 0 Å². The number of fused-ring (bicyclic) bond motifs is 2. The van der Waals surface area contributed by atoms with Crippen molar-refractivity contribution < 1.29 is 9.15 Å². The Bertz CT molecular complexity index is 1470. The topological polar surface area (TPSA) is 82.5 Å². The molecule has 0 aliphatic heterocycles. The summed E-state index contributed by atoms with van der Waals surface area (Å²) < 4.78 is 12.7. The highest BCUT2D eigenvalue weighted by Crippen LogP contribution is 2.28. The molecule has 2 aromatic carbocycles. The predicted octanol–water partition coefficient (Wildman–Crippen LogP) is 5.31. The SMILES string of the molecule is Cc1cc(=O)oc2cc(Oc3ccc4nnc(-c5cc(Cl)cc(Cl)c5)n4n3)ccc12. The van der Waals surface area contributed by atoms with E-state index in [2.05, 4.69) is 15.3 Å². The highest BCUT2D eigenvalue weighted by molar-refractivity contribution is 6.35. The van der Waals surface area contributed by atoms with Crippen LogP contribution in [0.4, 0.5) is 0 Å². The minimum atomic E-state index is -0.411. The highest BCUT2D eigenvalue weighted by atomic mass is 35.5. The first-order valence-electron chi connectivity index (χ1n) is 8.87. The van der Waals surface area contributed by atoms with Gasteiger partial charge in [-0.3, -0.25) is 0 Å². The van der Waals surface area contributed by atoms with E-state index in [4.69, 9.17) is 32.4 Å². The van der Waals surface area contributed by atoms with Crippen molar-refractivity contribution in [2.45, 2.75) is 6.92 Å². The average Bonchev–Trinajstić information content (AvgIpc) is 3.10. The number of hydrogen-bond acceptors (Lipinski definition) is 6. The number of ether oxygens (including phenoxy) is 1. The summed E-state index contributed by atoms with van der Waals surface area (Å²) in [6.07, 6.45) is 0. The van der Waals surface area contributed by atoms with E-state index in [1.807, 2.05) is 13.0 Å². The fraction of sp³-hybridized carbons (Fsp3) is 0.0476. The summed E-state index contributed by atoms with van der Waals surface area (Å²) in [4.78, 5) is 11.7. The van der Waals surface area contributed by atoms with Crippen LogP contribution in [0.1, 0.15) is 5.56 Å². The summed E-state index contributed by atoms with van der Waals surface area (Å²) in [6, 6.07) is 15.2. The Morgan fingerprint density at radius 1 is 0.967 bits per heavy atom. The molecule has 0 spiro atoms. The largest absolute Gasteiger partial charge is 0.437 e. The van der Waals surface area contributed by atoms with E-state index in [0.29, 0.717) is 44.3 Å². The predicted molar refractivity (Wildman–Crippen MR) is 114 cm³/mol. The third kappa shape index (κ3) is 3.38. The molecule has 0 aliphatic rings. The van der Waals surface area contributed by atoms with Crippen molar-refractivity contribution in [3.05, 3.63) is 80.6 Å². The number of halogens is 2. The molecule has 7 nitrogen and oxygen atoms in total. The van der Waals surface area contributed by atoms with Crippen LogP contribution in [0.15, 0.2) is 63.8 Å². The van der Waals surface area contributed by atoms with Crippen LogP contribution >= 0.6 is 23.2 Å². The van der Waals surface area contributed by atoms with E-state index in [9.17, 15) is 4.79 Å². The normalized spacial score (nSPS) is 11.3. The number of aromatic nitrogens is 4. The molecule has 0 radical (unpaired) electrons. The zero-order chi connectivity index (χ0) is 20.8. The molecule has 0 saturated heterocycles. The van der Waals surface area contributed by atoms with Crippen LogP contribution in [0.2, 0.25) is 10.0 Å². The van der Waals surface area contributed by atoms with Crippen LogP contribution in [0.3, 0.4) is 0 Å². The Morgan fingerprint density at radius 3 is 2.57 bits per heavy atom. The lowest BCUT2D eigenvalue weighted by molar-refractivity contribution is 0.451. The minimum absolute atomic E-state index is 0.311. The summed E-state index contributed by atoms with van der Waals surface area (Å²) in [5.41, 5.74) is 2.07. The molecule has 30 heavy (non-hydrogen) atoms. The molecule has 0 saturated carbocycles. The average molecular weight is 439 g/mol. The first-order valence-corrected chi connectivity index (χ1v) is 9.63. The fourth-order valence-electron chi connectivity index (χ4n) is 3.18. The van der Waals surface area contributed by atoms with Crippen LogP contribution in [-0.2, 0) is 0 Å². The summed E-state index contributed by atoms with van der Waals surface area (Å²) in [6.45, 7) is 1.85. The Balaban J connectivity index is 1.55. The quantitative estimate of drug-likeness (QED) is 0.355. The van der Waals surface area contributed by atoms with Gasteiger partial charge in [0.15, 0.2) is 11.5 Å². The first kappa shape index (κ1) is 18.6. The number of hydrogen-bond donors (Lipinski definition) is 0. The van der Waals surface area contributed by atoms with E-state index in [1.54, 1.807) is 47.0 Å². The van der Waals surface area contributed by atoms with Crippen LogP contribution in [-0.4, -0.2) is 19.8 Å². The summed E-state index contributed by atoms with van der Waals surface area (Å²) in [7, 11) is 0. The summed E-state index contributed by atoms with van der Waals surface area (Å²) in [5.74, 6) is 1.26. The third-order valence-electron chi connectivity index (χ3n) is 4.50. The lowest BCUT2D eigenvalue weighted by Crippen LogP contribution is -1.99. The Morgan fingerprint density at radius 2 is 1.77 bits per heavy atom. The second kappa shape index (κ2) is 7.12. The van der Waals surface area contributed by atoms with E-state index >= 15 is 0 Å². The van der Waals surface area contributed by atoms with Gasteiger partial charge in [-0.2, -0.15) is 4.52 Å². The van der Waals surface area contributed by atoms with E-state index < -0.39 is 5.63 Å². The maximum absolute atomic E-state index is 11.7. The van der Waals surface area contributed by atoms with Crippen molar-refractivity contribution in [3.8, 4) is 23.0 Å². The molecule has 5 rings (SSSR count). The van der Waals surface area contributed by atoms with Crippen molar-refractivity contribution in [3.63, 3.8) is 0 Å². The molecule has 3 heterocycles. The fourth-order valence-corrected chi connectivity index (χ4v) is 3.70. The van der Waals surface area contributed by atoms with Gasteiger partial charge in [-0.1, -0.05) is 23.2 Å². The molecule has 0 amide bonds. The lowest BCUT2D eigenvalue weighted by atomic mass is 10.1. The second-order valence-corrected chi connectivity index (χ2v) is 7.50. The van der Waals surface area contributed by atoms with Gasteiger partial charge in [-0.15, -0.1) is 15.3 Å². The molecule has 0 unspecified atom stereocenters. The monoisotopic (exact) mass is 438 g/mol. The Kier molecular flexibility index (Phi) is 4.42. The molecule has 0 N–H and O–H groups in total. The molecular formula is C21H12Cl2N4O3. The van der Waals surface area contributed by atoms with E-state index in [-0.39, 0.29) is 0 Å². The van der Waals surface area contributed by atoms with Crippen molar-refractivity contribution in [2.75, 3.05) is 0 Å². The van der Waals surface area contributed by atoms with Gasteiger partial charge in [-0.05, 0) is 48.9 Å². The van der Waals surface area contributed by atoms with Crippen molar-refractivity contribution >= 4 is 39.8 Å². The maximum Gasteiger partial charge on any atom is 0.336 e. The molecule has 9 heteroatoms. The molecule has 0 fully saturated rings. The second-order valence-electron chi connectivity index (χ2n) is 6.63. The van der Waals surface area contributed by atoms with Gasteiger partial charge in [0, 0.05) is 39.2 Å². The van der Waals surface area contributed by atoms with Gasteiger partial charge in [0.25, 0.3) is 0 Å². The van der Waals surface area contributed by atoms with Crippen molar-refractivity contribution in [1.82, 2.24) is 19.8 Å². The van der Waals surface area contributed by atoms with Crippen LogP contribution in [0, 0.1) is 6.92 Å². The number of benzene rings is 2. The molecule has 148 valence electrons. The van der Waals surface area contributed by atoms with Gasteiger partial charge in [0.05, 0.1) is 0 Å². The Labute approximate surface area is 179 Å². The Hall–Kier alpha value is -3.42. The number of nitrogens with zero attached hydrogens (tertiary/aromatic N) is 4. The lowest BCUT2D eigenvalue weighted by Gasteiger charge is -2.07. The zero-order valence-electron chi connectivity index (χ0n) is 15.5. The van der Waals surface area contributed by atoms with Gasteiger partial charge >= 0.3 is 5.63 Å². The number of rotatable bonds is 3. The zero-order valence-corrected chi connectivity index (χ0v) is 17.0. The molecule has 0 bridgehead atoms. The van der Waals surface area contributed by atoms with E-state index in [1.165, 1.54) is 6.07 Å². The van der Waals surface area contributed by atoms with Gasteiger partial charge in [-0.25, -0.2) is 4.79 Å². The van der Waals surface area contributed by atoms with Crippen LogP contribution in [0.5, 0.6) is 11.6 Å². The molecule has 0 atom stereocenters. The molecule has 3 aromatic heterocycles. The summed E-state index contributed by atoms with van der Waals surface area (Å²) in [5, 5.41) is 14.6. The van der Waals surface area contributed by atoms with Crippen molar-refractivity contribution in [1.29, 1.82) is 0 Å². The van der Waals surface area contributed by atoms with Crippen LogP contribution < -0.4 is 10.4 Å². The third-order valence-corrected chi connectivity index (χ3v) is 4.94. The van der Waals surface area contributed by atoms with Gasteiger partial charge < -0.3 is 9.15 Å². The first-order chi connectivity index (χ1) is 14.5. The number of aryl methyl sites for hydroxylation is 1. The van der Waals surface area contributed by atoms with Gasteiger partial charge in [0.2, 0.25) is 5.88 Å². The maximum atomic E-state index is 11.7. The van der Waals surface area contributed by atoms with E-state index in [0.717, 1.165) is 10.9 Å². The molecule has 0 aliphatic carbocycles. The minimum Gasteiger partial charge on any atom is -0.437 e. The van der Waals surface area contributed by atoms with Gasteiger partial charge in [0.1, 0.15) is 11.3 Å². The smallest absolute Gasteiger partial charge is 0.336 e. The summed E-state index contributed by atoms with van der Waals surface area (Å²) >= 11 is 12.2. The highest BCUT2D eigenvalue weighted by Gasteiger charge is 2.13. The molecular weight excluding hydrogens is 427 g/mol. The standard InChI is InChI=1S/C21H12Cl2N4O3/c1-11-6-20(28)30-17-10-15(2-3-16(11)17)29-19-5-4-18-24-25-21(27(18)26-19)12-7-13(22)9-14(23)8-12/h2-10H,1H3.